The molecule has 0 bridgehead atoms. The van der Waals surface area contributed by atoms with Gasteiger partial charge in [0.25, 0.3) is 11.8 Å². The molecule has 33 heteroatoms. The first-order valence-electron chi connectivity index (χ1n) is 21.6. The molecule has 0 aromatic heterocycles. The minimum atomic E-state index is -4.62. The number of imide groups is 1. The van der Waals surface area contributed by atoms with Gasteiger partial charge in [-0.1, -0.05) is 6.42 Å². The maximum absolute atomic E-state index is 13.6. The number of hydrogen-bond acceptors (Lipinski definition) is 20. The second-order valence-electron chi connectivity index (χ2n) is 16.1. The van der Waals surface area contributed by atoms with Crippen LogP contribution >= 0.6 is 47.1 Å². The Morgan fingerprint density at radius 2 is 1.11 bits per heavy atom. The molecule has 0 saturated carbocycles. The van der Waals surface area contributed by atoms with Crippen molar-refractivity contribution in [3.8, 4) is 0 Å². The fraction of sp³-hybridized carbons (Fsp3) is 0.784. The van der Waals surface area contributed by atoms with Crippen molar-refractivity contribution in [1.29, 1.82) is 0 Å². The molecule has 3 heterocycles. The van der Waals surface area contributed by atoms with Crippen LogP contribution in [0.2, 0.25) is 0 Å². The first kappa shape index (κ1) is 61.8. The Morgan fingerprint density at radius 1 is 0.629 bits per heavy atom. The Balaban J connectivity index is 1.50. The number of aliphatic hydroxyl groups excluding tert-OH is 6. The van der Waals surface area contributed by atoms with Gasteiger partial charge in [-0.2, -0.15) is 0 Å². The second-order valence-corrected chi connectivity index (χ2v) is 21.2. The SMILES string of the molecule is O=C(CCCCCN1C(=O)C(Br)=C(Br)C1=O)NCCOCCOCCC(=O)N[C@@H](CO[C@H]1OC(CCP(=O)(O)O)[C@@H](O)[C@H](O)C1O)C(=O)N[C@@H](COC1OC(CCP(=O)(O)O)C(O)C(O)C1O)C(=O)O. The number of carbonyl (C=O) groups is 6. The van der Waals surface area contributed by atoms with E-state index in [-0.39, 0.29) is 60.8 Å². The molecule has 7 unspecified atom stereocenters. The standard InChI is InChI=1S/C37H60Br2N4O25P2/c38-24-25(39)34(54)43(33(24)53)9-3-1-2-4-22(44)40-8-11-64-13-12-63-10-5-23(45)41-18(16-65-36-30(50)28(48)26(46)20(67-36)6-14-69(57,58)59)32(52)42-19(35(55)56)17-66-37-31(51)29(49)27(47)21(68-37)7-15-70(60,61)62/h18-21,26-31,36-37,46-51H,1-17H2,(H,40,44)(H,41,45)(H,42,52)(H,55,56)(H2,57,58,59)(H2,60,61,62)/t18-,19-,20?,21?,26+,27?,28-,29?,30?,31?,36-,37?/m0/s1. The van der Waals surface area contributed by atoms with Crippen molar-refractivity contribution < 1.29 is 122 Å². The molecule has 70 heavy (non-hydrogen) atoms. The molecule has 3 aliphatic rings. The third-order valence-electron chi connectivity index (χ3n) is 10.6. The number of aliphatic hydroxyl groups is 6. The molecule has 29 nitrogen and oxygen atoms in total. The zero-order valence-corrected chi connectivity index (χ0v) is 42.1. The van der Waals surface area contributed by atoms with Crippen LogP contribution < -0.4 is 16.0 Å². The van der Waals surface area contributed by atoms with Crippen LogP contribution in [0.25, 0.3) is 0 Å². The molecule has 0 radical (unpaired) electrons. The summed E-state index contributed by atoms with van der Waals surface area (Å²) in [6, 6.07) is -3.84. The molecule has 0 aliphatic carbocycles. The van der Waals surface area contributed by atoms with Gasteiger partial charge in [0.1, 0.15) is 51.6 Å². The van der Waals surface area contributed by atoms with E-state index in [0.717, 1.165) is 4.90 Å². The number of nitrogens with zero attached hydrogens (tertiary/aromatic N) is 1. The van der Waals surface area contributed by atoms with E-state index in [1.807, 2.05) is 0 Å². The summed E-state index contributed by atoms with van der Waals surface area (Å²) in [5.41, 5.74) is 0. The summed E-state index contributed by atoms with van der Waals surface area (Å²) in [6.45, 7) is -1.66. The number of aliphatic carboxylic acids is 1. The van der Waals surface area contributed by atoms with Crippen LogP contribution in [0.4, 0.5) is 0 Å². The topological polar surface area (TPSA) is 454 Å². The number of carboxylic acids is 1. The third kappa shape index (κ3) is 20.5. The van der Waals surface area contributed by atoms with Crippen molar-refractivity contribution in [1.82, 2.24) is 20.9 Å². The first-order chi connectivity index (χ1) is 32.7. The number of carbonyl (C=O) groups excluding carboxylic acids is 5. The van der Waals surface area contributed by atoms with E-state index in [2.05, 4.69) is 47.8 Å². The maximum Gasteiger partial charge on any atom is 0.328 e. The summed E-state index contributed by atoms with van der Waals surface area (Å²) in [6.07, 6.45) is -19.6. The maximum atomic E-state index is 13.6. The monoisotopic (exact) mass is 1180 g/mol. The molecule has 12 atom stereocenters. The quantitative estimate of drug-likeness (QED) is 0.0176. The Morgan fingerprint density at radius 3 is 1.60 bits per heavy atom. The van der Waals surface area contributed by atoms with E-state index in [1.54, 1.807) is 0 Å². The predicted octanol–water partition coefficient (Wildman–Crippen LogP) is -4.71. The number of hydrogen-bond donors (Lipinski definition) is 14. The van der Waals surface area contributed by atoms with E-state index in [1.165, 1.54) is 0 Å². The highest BCUT2D eigenvalue weighted by atomic mass is 79.9. The summed E-state index contributed by atoms with van der Waals surface area (Å²) < 4.78 is 55.4. The van der Waals surface area contributed by atoms with Gasteiger partial charge in [-0.3, -0.25) is 38.0 Å². The van der Waals surface area contributed by atoms with Crippen LogP contribution in [0.3, 0.4) is 0 Å². The second kappa shape index (κ2) is 29.4. The van der Waals surface area contributed by atoms with Gasteiger partial charge < -0.3 is 99.7 Å². The Kier molecular flexibility index (Phi) is 26.0. The molecule has 3 aliphatic heterocycles. The normalized spacial score (nSPS) is 27.3. The van der Waals surface area contributed by atoms with Crippen molar-refractivity contribution >= 4 is 82.6 Å². The molecular weight excluding hydrogens is 1120 g/mol. The zero-order chi connectivity index (χ0) is 52.5. The van der Waals surface area contributed by atoms with Crippen molar-refractivity contribution in [2.75, 3.05) is 65.1 Å². The van der Waals surface area contributed by atoms with Gasteiger partial charge in [-0.05, 0) is 57.5 Å². The van der Waals surface area contributed by atoms with Crippen LogP contribution in [0.5, 0.6) is 0 Å². The highest BCUT2D eigenvalue weighted by Gasteiger charge is 2.47. The van der Waals surface area contributed by atoms with E-state index >= 15 is 0 Å². The number of nitrogens with one attached hydrogen (secondary N) is 3. The molecule has 2 saturated heterocycles. The summed E-state index contributed by atoms with van der Waals surface area (Å²) in [5, 5.41) is 79.1. The fourth-order valence-corrected chi connectivity index (χ4v) is 8.69. The summed E-state index contributed by atoms with van der Waals surface area (Å²) >= 11 is 6.12. The van der Waals surface area contributed by atoms with E-state index in [4.69, 9.17) is 28.4 Å². The molecule has 402 valence electrons. The van der Waals surface area contributed by atoms with Crippen molar-refractivity contribution in [2.24, 2.45) is 0 Å². The summed E-state index contributed by atoms with van der Waals surface area (Å²) in [5.74, 6) is -5.00. The fourth-order valence-electron chi connectivity index (χ4n) is 6.75. The highest BCUT2D eigenvalue weighted by Crippen LogP contribution is 2.38. The Hall–Kier alpha value is -2.46. The average Bonchev–Trinajstić information content (AvgIpc) is 3.46. The summed E-state index contributed by atoms with van der Waals surface area (Å²) in [4.78, 5) is 113. The first-order valence-corrected chi connectivity index (χ1v) is 26.8. The molecule has 5 amide bonds. The summed E-state index contributed by atoms with van der Waals surface area (Å²) in [7, 11) is -9.23. The lowest BCUT2D eigenvalue weighted by atomic mass is 9.97. The smallest absolute Gasteiger partial charge is 0.328 e. The van der Waals surface area contributed by atoms with Gasteiger partial charge in [0, 0.05) is 25.9 Å². The van der Waals surface area contributed by atoms with E-state index in [9.17, 15) is 93.2 Å². The van der Waals surface area contributed by atoms with Gasteiger partial charge >= 0.3 is 21.2 Å². The molecule has 0 aromatic carbocycles. The molecule has 2 fully saturated rings. The Bertz CT molecular complexity index is 1890. The molecule has 0 aromatic rings. The van der Waals surface area contributed by atoms with Gasteiger partial charge in [0.2, 0.25) is 17.7 Å². The minimum absolute atomic E-state index is 0.0205. The third-order valence-corrected chi connectivity index (χ3v) is 14.3. The molecule has 0 spiro atoms. The van der Waals surface area contributed by atoms with Crippen molar-refractivity contribution in [3.05, 3.63) is 8.96 Å². The Labute approximate surface area is 416 Å². The number of ether oxygens (including phenoxy) is 6. The largest absolute Gasteiger partial charge is 0.480 e. The van der Waals surface area contributed by atoms with E-state index < -0.39 is 163 Å². The minimum Gasteiger partial charge on any atom is -0.480 e. The van der Waals surface area contributed by atoms with Crippen LogP contribution in [-0.4, -0.2) is 234 Å². The molecule has 3 rings (SSSR count). The number of rotatable bonds is 31. The van der Waals surface area contributed by atoms with Crippen LogP contribution in [0, 0.1) is 0 Å². The van der Waals surface area contributed by atoms with E-state index in [0.29, 0.717) is 19.3 Å². The molecular formula is C37H60Br2N4O25P2. The van der Waals surface area contributed by atoms with Crippen molar-refractivity contribution in [3.63, 3.8) is 0 Å². The van der Waals surface area contributed by atoms with Gasteiger partial charge in [0.05, 0.1) is 64.2 Å². The van der Waals surface area contributed by atoms with Gasteiger partial charge in [0.15, 0.2) is 18.6 Å². The number of amides is 5. The highest BCUT2D eigenvalue weighted by molar-refractivity contribution is 9.14. The number of carboxylic acid groups (broad SMARTS) is 1. The van der Waals surface area contributed by atoms with Crippen LogP contribution in [-0.2, 0) is 66.3 Å². The molecule has 14 N–H and O–H groups in total. The van der Waals surface area contributed by atoms with Crippen molar-refractivity contribution in [2.45, 2.75) is 118 Å². The lowest BCUT2D eigenvalue weighted by Crippen LogP contribution is -2.60. The average molecular weight is 1180 g/mol. The lowest BCUT2D eigenvalue weighted by molar-refractivity contribution is -0.298. The zero-order valence-electron chi connectivity index (χ0n) is 37.2. The number of halogens is 2. The van der Waals surface area contributed by atoms with Gasteiger partial charge in [-0.25, -0.2) is 4.79 Å². The lowest BCUT2D eigenvalue weighted by Gasteiger charge is -2.41. The van der Waals surface area contributed by atoms with Crippen LogP contribution in [0.1, 0.15) is 44.9 Å². The van der Waals surface area contributed by atoms with Gasteiger partial charge in [-0.15, -0.1) is 0 Å². The van der Waals surface area contributed by atoms with Crippen LogP contribution in [0.15, 0.2) is 8.96 Å². The number of unbranched alkanes of at least 4 members (excludes halogenated alkanes) is 2. The predicted molar refractivity (Wildman–Crippen MR) is 239 cm³/mol.